The van der Waals surface area contributed by atoms with Crippen LogP contribution >= 0.6 is 23.4 Å². The van der Waals surface area contributed by atoms with Crippen LogP contribution in [0.15, 0.2) is 46.5 Å². The van der Waals surface area contributed by atoms with Gasteiger partial charge in [-0.2, -0.15) is 0 Å². The molecule has 0 amide bonds. The maximum Gasteiger partial charge on any atom is 0.223 e. The van der Waals surface area contributed by atoms with Gasteiger partial charge in [0.15, 0.2) is 0 Å². The van der Waals surface area contributed by atoms with Gasteiger partial charge in [-0.1, -0.05) is 23.9 Å². The van der Waals surface area contributed by atoms with Crippen molar-refractivity contribution >= 4 is 23.4 Å². The molecule has 2 rings (SSSR count). The number of benzene rings is 1. The van der Waals surface area contributed by atoms with Gasteiger partial charge >= 0.3 is 0 Å². The largest absolute Gasteiger partial charge is 0.226 e. The smallest absolute Gasteiger partial charge is 0.223 e. The average molecular weight is 241 g/mol. The summed E-state index contributed by atoms with van der Waals surface area (Å²) in [7, 11) is 0. The Balaban J connectivity index is 2.26. The summed E-state index contributed by atoms with van der Waals surface area (Å²) >= 11 is 6.84. The zero-order chi connectivity index (χ0) is 10.7. The minimum absolute atomic E-state index is 0.163. The van der Waals surface area contributed by atoms with Gasteiger partial charge in [-0.25, -0.2) is 14.4 Å². The lowest BCUT2D eigenvalue weighted by Gasteiger charge is -2.01. The van der Waals surface area contributed by atoms with Crippen molar-refractivity contribution in [2.45, 2.75) is 9.92 Å². The fourth-order valence-corrected chi connectivity index (χ4v) is 2.01. The molecule has 5 heteroatoms. The van der Waals surface area contributed by atoms with Crippen LogP contribution in [0.1, 0.15) is 0 Å². The predicted molar refractivity (Wildman–Crippen MR) is 57.6 cm³/mol. The molecule has 1 aromatic carbocycles. The lowest BCUT2D eigenvalue weighted by molar-refractivity contribution is 0.602. The summed E-state index contributed by atoms with van der Waals surface area (Å²) in [6.07, 6.45) is 1.54. The first kappa shape index (κ1) is 10.4. The number of hydrogen-bond acceptors (Lipinski definition) is 3. The summed E-state index contributed by atoms with van der Waals surface area (Å²) in [6, 6.07) is 8.20. The number of rotatable bonds is 2. The van der Waals surface area contributed by atoms with E-state index in [1.54, 1.807) is 30.5 Å². The maximum atomic E-state index is 13.3. The van der Waals surface area contributed by atoms with Crippen LogP contribution in [0.25, 0.3) is 0 Å². The second-order valence-electron chi connectivity index (χ2n) is 2.70. The SMILES string of the molecule is Fc1ccccc1Sc1ccnc(Cl)n1. The van der Waals surface area contributed by atoms with Gasteiger partial charge in [-0.15, -0.1) is 0 Å². The third kappa shape index (κ3) is 2.67. The zero-order valence-corrected chi connectivity index (χ0v) is 9.10. The molecule has 1 aromatic heterocycles. The second-order valence-corrected chi connectivity index (χ2v) is 4.10. The van der Waals surface area contributed by atoms with Crippen LogP contribution in [-0.4, -0.2) is 9.97 Å². The van der Waals surface area contributed by atoms with Crippen LogP contribution < -0.4 is 0 Å². The summed E-state index contributed by atoms with van der Waals surface area (Å²) < 4.78 is 13.3. The van der Waals surface area contributed by atoms with Crippen molar-refractivity contribution in [3.63, 3.8) is 0 Å². The number of hydrogen-bond donors (Lipinski definition) is 0. The topological polar surface area (TPSA) is 25.8 Å². The molecule has 0 atom stereocenters. The Kier molecular flexibility index (Phi) is 3.18. The second kappa shape index (κ2) is 4.59. The van der Waals surface area contributed by atoms with E-state index in [1.807, 2.05) is 0 Å². The lowest BCUT2D eigenvalue weighted by Crippen LogP contribution is -1.85. The molecule has 0 spiro atoms. The molecule has 0 aliphatic heterocycles. The van der Waals surface area contributed by atoms with E-state index in [4.69, 9.17) is 11.6 Å². The Labute approximate surface area is 95.5 Å². The Morgan fingerprint density at radius 1 is 1.20 bits per heavy atom. The molecule has 15 heavy (non-hydrogen) atoms. The minimum atomic E-state index is -0.266. The van der Waals surface area contributed by atoms with Crippen molar-refractivity contribution in [3.05, 3.63) is 47.6 Å². The standard InChI is InChI=1S/C10H6ClFN2S/c11-10-13-6-5-9(14-10)15-8-4-2-1-3-7(8)12/h1-6H. The third-order valence-corrected chi connectivity index (χ3v) is 2.82. The van der Waals surface area contributed by atoms with Gasteiger partial charge in [0.25, 0.3) is 0 Å². The van der Waals surface area contributed by atoms with Gasteiger partial charge in [0.2, 0.25) is 5.28 Å². The van der Waals surface area contributed by atoms with E-state index in [9.17, 15) is 4.39 Å². The van der Waals surface area contributed by atoms with Crippen LogP contribution in [0, 0.1) is 5.82 Å². The Hall–Kier alpha value is -1.13. The highest BCUT2D eigenvalue weighted by Crippen LogP contribution is 2.28. The fraction of sp³-hybridized carbons (Fsp3) is 0. The molecule has 0 saturated carbocycles. The van der Waals surface area contributed by atoms with Crippen LogP contribution in [0.5, 0.6) is 0 Å². The summed E-state index contributed by atoms with van der Waals surface area (Å²) in [4.78, 5) is 8.23. The Morgan fingerprint density at radius 2 is 2.00 bits per heavy atom. The average Bonchev–Trinajstić information content (AvgIpc) is 2.22. The van der Waals surface area contributed by atoms with Crippen LogP contribution in [-0.2, 0) is 0 Å². The lowest BCUT2D eigenvalue weighted by atomic mass is 10.3. The first-order chi connectivity index (χ1) is 7.25. The zero-order valence-electron chi connectivity index (χ0n) is 7.52. The molecule has 0 fully saturated rings. The summed E-state index contributed by atoms with van der Waals surface area (Å²) in [5, 5.41) is 0.788. The maximum absolute atomic E-state index is 13.3. The van der Waals surface area contributed by atoms with E-state index in [2.05, 4.69) is 9.97 Å². The predicted octanol–water partition coefficient (Wildman–Crippen LogP) is 3.42. The van der Waals surface area contributed by atoms with Crippen molar-refractivity contribution in [3.8, 4) is 0 Å². The minimum Gasteiger partial charge on any atom is -0.226 e. The highest BCUT2D eigenvalue weighted by Gasteiger charge is 2.04. The summed E-state index contributed by atoms with van der Waals surface area (Å²) in [5.74, 6) is -0.266. The molecule has 2 nitrogen and oxygen atoms in total. The molecule has 0 aliphatic carbocycles. The normalized spacial score (nSPS) is 10.3. The monoisotopic (exact) mass is 240 g/mol. The molecule has 0 saturated heterocycles. The fourth-order valence-electron chi connectivity index (χ4n) is 1.02. The number of aromatic nitrogens is 2. The molecule has 2 aromatic rings. The molecule has 0 N–H and O–H groups in total. The van der Waals surface area contributed by atoms with E-state index < -0.39 is 0 Å². The van der Waals surface area contributed by atoms with Gasteiger partial charge in [-0.05, 0) is 29.8 Å². The van der Waals surface area contributed by atoms with Gasteiger partial charge in [-0.3, -0.25) is 0 Å². The summed E-state index contributed by atoms with van der Waals surface area (Å²) in [5.41, 5.74) is 0. The molecule has 1 heterocycles. The van der Waals surface area contributed by atoms with E-state index in [0.717, 1.165) is 0 Å². The van der Waals surface area contributed by atoms with Crippen LogP contribution in [0.2, 0.25) is 5.28 Å². The molecule has 0 bridgehead atoms. The van der Waals surface area contributed by atoms with Crippen LogP contribution in [0.3, 0.4) is 0 Å². The quantitative estimate of drug-likeness (QED) is 0.594. The Morgan fingerprint density at radius 3 is 2.73 bits per heavy atom. The molecule has 0 unspecified atom stereocenters. The number of halogens is 2. The first-order valence-corrected chi connectivity index (χ1v) is 5.36. The molecular formula is C10H6ClFN2S. The highest BCUT2D eigenvalue weighted by molar-refractivity contribution is 7.99. The molecule has 0 aliphatic rings. The van der Waals surface area contributed by atoms with Crippen molar-refractivity contribution < 1.29 is 4.39 Å². The molecule has 0 radical (unpaired) electrons. The van der Waals surface area contributed by atoms with Crippen molar-refractivity contribution in [2.24, 2.45) is 0 Å². The molecular weight excluding hydrogens is 235 g/mol. The van der Waals surface area contributed by atoms with Crippen molar-refractivity contribution in [2.75, 3.05) is 0 Å². The van der Waals surface area contributed by atoms with E-state index >= 15 is 0 Å². The van der Waals surface area contributed by atoms with Gasteiger partial charge in [0, 0.05) is 11.1 Å². The number of nitrogens with zero attached hydrogens (tertiary/aromatic N) is 2. The van der Waals surface area contributed by atoms with Gasteiger partial charge < -0.3 is 0 Å². The Bertz CT molecular complexity index is 478. The van der Waals surface area contributed by atoms with Gasteiger partial charge in [0.1, 0.15) is 10.8 Å². The highest BCUT2D eigenvalue weighted by atomic mass is 35.5. The van der Waals surface area contributed by atoms with E-state index in [-0.39, 0.29) is 11.1 Å². The summed E-state index contributed by atoms with van der Waals surface area (Å²) in [6.45, 7) is 0. The van der Waals surface area contributed by atoms with Gasteiger partial charge in [0.05, 0.1) is 0 Å². The van der Waals surface area contributed by atoms with Crippen molar-refractivity contribution in [1.82, 2.24) is 9.97 Å². The molecule has 76 valence electrons. The first-order valence-electron chi connectivity index (χ1n) is 4.16. The van der Waals surface area contributed by atoms with E-state index in [0.29, 0.717) is 9.92 Å². The third-order valence-electron chi connectivity index (χ3n) is 1.65. The van der Waals surface area contributed by atoms with Crippen molar-refractivity contribution in [1.29, 1.82) is 0 Å². The van der Waals surface area contributed by atoms with E-state index in [1.165, 1.54) is 17.8 Å². The van der Waals surface area contributed by atoms with Crippen LogP contribution in [0.4, 0.5) is 4.39 Å².